The van der Waals surface area contributed by atoms with Crippen molar-refractivity contribution in [2.24, 2.45) is 5.92 Å². The Balaban J connectivity index is 2.48. The van der Waals surface area contributed by atoms with E-state index in [0.717, 1.165) is 0 Å². The number of fused-ring (bicyclic) bond motifs is 1. The maximum absolute atomic E-state index is 13.3. The Bertz CT molecular complexity index is 920. The molecule has 0 spiro atoms. The van der Waals surface area contributed by atoms with Gasteiger partial charge in [0.1, 0.15) is 12.4 Å². The molecule has 2 amide bonds. The first-order valence-corrected chi connectivity index (χ1v) is 12.5. The van der Waals surface area contributed by atoms with Gasteiger partial charge >= 0.3 is 0 Å². The Labute approximate surface area is 191 Å². The van der Waals surface area contributed by atoms with Gasteiger partial charge in [-0.25, -0.2) is 8.42 Å². The molecule has 0 radical (unpaired) electrons. The molecule has 1 heterocycles. The first-order chi connectivity index (χ1) is 15.0. The highest BCUT2D eigenvalue weighted by Crippen LogP contribution is 2.27. The number of ether oxygens (including phenoxy) is 2. The maximum Gasteiger partial charge on any atom is 0.257 e. The average molecular weight is 470 g/mol. The molecule has 3 atom stereocenters. The quantitative estimate of drug-likeness (QED) is 0.709. The van der Waals surface area contributed by atoms with Crippen LogP contribution in [0.3, 0.4) is 0 Å². The van der Waals surface area contributed by atoms with Gasteiger partial charge in [0.05, 0.1) is 23.5 Å². The molecule has 0 aromatic heterocycles. The minimum absolute atomic E-state index is 0.0187. The molecule has 0 unspecified atom stereocenters. The summed E-state index contributed by atoms with van der Waals surface area (Å²) < 4.78 is 38.1. The summed E-state index contributed by atoms with van der Waals surface area (Å²) in [7, 11) is -0.242. The molecule has 1 N–H and O–H groups in total. The van der Waals surface area contributed by atoms with E-state index in [4.69, 9.17) is 9.47 Å². The monoisotopic (exact) mass is 469 g/mol. The number of benzene rings is 1. The normalized spacial score (nSPS) is 22.9. The van der Waals surface area contributed by atoms with E-state index in [2.05, 4.69) is 4.72 Å². The number of carbonyl (C=O) groups is 2. The highest BCUT2D eigenvalue weighted by Gasteiger charge is 2.30. The zero-order valence-corrected chi connectivity index (χ0v) is 20.6. The fourth-order valence-electron chi connectivity index (χ4n) is 3.64. The third-order valence-electron chi connectivity index (χ3n) is 5.72. The zero-order chi connectivity index (χ0) is 24.1. The van der Waals surface area contributed by atoms with Crippen LogP contribution in [0.4, 0.5) is 5.69 Å². The van der Waals surface area contributed by atoms with Crippen LogP contribution in [0.25, 0.3) is 0 Å². The van der Waals surface area contributed by atoms with Crippen LogP contribution >= 0.6 is 0 Å². The predicted molar refractivity (Wildman–Crippen MR) is 123 cm³/mol. The van der Waals surface area contributed by atoms with Gasteiger partial charge in [-0.2, -0.15) is 0 Å². The number of likely N-dealkylation sites (N-methyl/N-ethyl adjacent to an activating group) is 1. The minimum atomic E-state index is -3.50. The molecule has 180 valence electrons. The molecule has 0 saturated heterocycles. The van der Waals surface area contributed by atoms with Crippen LogP contribution in [0, 0.1) is 5.92 Å². The summed E-state index contributed by atoms with van der Waals surface area (Å²) in [5, 5.41) is 0. The molecule has 32 heavy (non-hydrogen) atoms. The number of hydrogen-bond acceptors (Lipinski definition) is 6. The van der Waals surface area contributed by atoms with Crippen molar-refractivity contribution in [2.75, 3.05) is 44.3 Å². The molecular formula is C22H35N3O6S. The Morgan fingerprint density at radius 3 is 2.53 bits per heavy atom. The Morgan fingerprint density at radius 2 is 1.94 bits per heavy atom. The Kier molecular flexibility index (Phi) is 8.91. The van der Waals surface area contributed by atoms with Gasteiger partial charge in [0.2, 0.25) is 15.9 Å². The van der Waals surface area contributed by atoms with Gasteiger partial charge < -0.3 is 19.3 Å². The van der Waals surface area contributed by atoms with Gasteiger partial charge in [0, 0.05) is 45.3 Å². The number of hydrogen-bond donors (Lipinski definition) is 1. The Hall–Kier alpha value is -2.33. The van der Waals surface area contributed by atoms with Gasteiger partial charge in [-0.15, -0.1) is 0 Å². The summed E-state index contributed by atoms with van der Waals surface area (Å²) in [5.74, 6) is -0.0505. The second kappa shape index (κ2) is 11.0. The van der Waals surface area contributed by atoms with E-state index < -0.39 is 10.0 Å². The molecule has 9 nitrogen and oxygen atoms in total. The predicted octanol–water partition coefficient (Wildman–Crippen LogP) is 2.19. The van der Waals surface area contributed by atoms with Crippen LogP contribution in [0.2, 0.25) is 0 Å². The van der Waals surface area contributed by atoms with Crippen molar-refractivity contribution in [1.29, 1.82) is 0 Å². The van der Waals surface area contributed by atoms with Gasteiger partial charge in [0.25, 0.3) is 5.91 Å². The lowest BCUT2D eigenvalue weighted by Gasteiger charge is -2.36. The van der Waals surface area contributed by atoms with Gasteiger partial charge in [-0.3, -0.25) is 14.3 Å². The number of nitrogens with one attached hydrogen (secondary N) is 1. The number of carbonyl (C=O) groups excluding carboxylic acids is 2. The molecule has 1 aromatic rings. The number of rotatable bonds is 5. The summed E-state index contributed by atoms with van der Waals surface area (Å²) in [6, 6.07) is 4.40. The van der Waals surface area contributed by atoms with Crippen LogP contribution in [-0.2, 0) is 19.6 Å². The van der Waals surface area contributed by atoms with Crippen LogP contribution < -0.4 is 9.46 Å². The molecule has 1 aliphatic heterocycles. The van der Waals surface area contributed by atoms with E-state index in [1.54, 1.807) is 31.2 Å². The highest BCUT2D eigenvalue weighted by molar-refractivity contribution is 7.92. The minimum Gasteiger partial charge on any atom is -0.491 e. The standard InChI is InChI=1S/C22H35N3O6S/c1-7-21(26)25-12-15(3)20(30-6)13-24(5)22(27)18-11-17(23-32(28,29)8-2)9-10-19(18)31-14-16(25)4/h9-11,15-16,20,23H,7-8,12-14H2,1-6H3/t15-,16+,20-/m1/s1. The van der Waals surface area contributed by atoms with Crippen molar-refractivity contribution < 1.29 is 27.5 Å². The summed E-state index contributed by atoms with van der Waals surface area (Å²) >= 11 is 0. The van der Waals surface area contributed by atoms with Crippen molar-refractivity contribution in [1.82, 2.24) is 9.80 Å². The van der Waals surface area contributed by atoms with Crippen LogP contribution in [0.5, 0.6) is 5.75 Å². The van der Waals surface area contributed by atoms with E-state index in [-0.39, 0.29) is 53.5 Å². The van der Waals surface area contributed by atoms with Crippen molar-refractivity contribution in [3.8, 4) is 5.75 Å². The smallest absolute Gasteiger partial charge is 0.257 e. The van der Waals surface area contributed by atoms with Crippen LogP contribution in [0.15, 0.2) is 18.2 Å². The van der Waals surface area contributed by atoms with E-state index in [1.807, 2.05) is 20.8 Å². The maximum atomic E-state index is 13.3. The fraction of sp³-hybridized carbons (Fsp3) is 0.636. The van der Waals surface area contributed by atoms with Crippen molar-refractivity contribution >= 4 is 27.5 Å². The molecule has 0 fully saturated rings. The molecule has 2 rings (SSSR count). The summed E-state index contributed by atoms with van der Waals surface area (Å²) in [4.78, 5) is 29.2. The van der Waals surface area contributed by atoms with E-state index in [9.17, 15) is 18.0 Å². The average Bonchev–Trinajstić information content (AvgIpc) is 2.77. The van der Waals surface area contributed by atoms with Crippen molar-refractivity contribution in [2.45, 2.75) is 46.3 Å². The van der Waals surface area contributed by atoms with E-state index in [0.29, 0.717) is 25.3 Å². The fourth-order valence-corrected chi connectivity index (χ4v) is 4.27. The molecule has 0 saturated carbocycles. The molecule has 0 bridgehead atoms. The summed E-state index contributed by atoms with van der Waals surface area (Å²) in [5.41, 5.74) is 0.531. The lowest BCUT2D eigenvalue weighted by atomic mass is 10.0. The van der Waals surface area contributed by atoms with Crippen molar-refractivity contribution in [3.63, 3.8) is 0 Å². The van der Waals surface area contributed by atoms with E-state index in [1.165, 1.54) is 17.9 Å². The second-order valence-corrected chi connectivity index (χ2v) is 10.2. The number of anilines is 1. The molecular weight excluding hydrogens is 434 g/mol. The largest absolute Gasteiger partial charge is 0.491 e. The lowest BCUT2D eigenvalue weighted by molar-refractivity contribution is -0.135. The first kappa shape index (κ1) is 25.9. The topological polar surface area (TPSA) is 105 Å². The van der Waals surface area contributed by atoms with Gasteiger partial charge in [-0.1, -0.05) is 13.8 Å². The third kappa shape index (κ3) is 6.35. The number of sulfonamides is 1. The first-order valence-electron chi connectivity index (χ1n) is 10.9. The number of nitrogens with zero attached hydrogens (tertiary/aromatic N) is 2. The van der Waals surface area contributed by atoms with Crippen LogP contribution in [-0.4, -0.2) is 81.8 Å². The summed E-state index contributed by atoms with van der Waals surface area (Å²) in [6.45, 7) is 8.25. The third-order valence-corrected chi connectivity index (χ3v) is 7.03. The SMILES string of the molecule is CCC(=O)N1C[C@@H](C)[C@H](OC)CN(C)C(=O)c2cc(NS(=O)(=O)CC)ccc2OC[C@@H]1C. The molecule has 0 aliphatic carbocycles. The molecule has 1 aliphatic rings. The second-order valence-electron chi connectivity index (χ2n) is 8.21. The Morgan fingerprint density at radius 1 is 1.25 bits per heavy atom. The van der Waals surface area contributed by atoms with Crippen molar-refractivity contribution in [3.05, 3.63) is 23.8 Å². The summed E-state index contributed by atoms with van der Waals surface area (Å²) in [6.07, 6.45) is 0.0961. The van der Waals surface area contributed by atoms with Gasteiger partial charge in [-0.05, 0) is 32.0 Å². The molecule has 10 heteroatoms. The number of amides is 2. The highest BCUT2D eigenvalue weighted by atomic mass is 32.2. The van der Waals surface area contributed by atoms with E-state index >= 15 is 0 Å². The van der Waals surface area contributed by atoms with Crippen LogP contribution in [0.1, 0.15) is 44.5 Å². The van der Waals surface area contributed by atoms with Gasteiger partial charge in [0.15, 0.2) is 0 Å². The molecule has 1 aromatic carbocycles. The number of methoxy groups -OCH3 is 1. The lowest BCUT2D eigenvalue weighted by Crippen LogP contribution is -2.48. The zero-order valence-electron chi connectivity index (χ0n) is 19.8.